The molecule has 0 radical (unpaired) electrons. The maximum atomic E-state index is 11.7. The van der Waals surface area contributed by atoms with Gasteiger partial charge in [0.2, 0.25) is 5.78 Å². The second-order valence-corrected chi connectivity index (χ2v) is 6.22. The number of ketones is 1. The number of hydrogen-bond donors (Lipinski definition) is 0. The predicted octanol–water partition coefficient (Wildman–Crippen LogP) is 3.14. The summed E-state index contributed by atoms with van der Waals surface area (Å²) in [4.78, 5) is 11.7. The van der Waals surface area contributed by atoms with Gasteiger partial charge in [-0.3, -0.25) is 4.79 Å². The van der Waals surface area contributed by atoms with Crippen LogP contribution in [0, 0.1) is 11.3 Å². The zero-order valence-corrected chi connectivity index (χ0v) is 12.3. The van der Waals surface area contributed by atoms with Gasteiger partial charge in [-0.25, -0.2) is 5.01 Å². The van der Waals surface area contributed by atoms with Gasteiger partial charge in [-0.1, -0.05) is 59.1 Å². The largest absolute Gasteiger partial charge is 0.290 e. The van der Waals surface area contributed by atoms with Crippen molar-refractivity contribution in [1.82, 2.24) is 5.01 Å². The summed E-state index contributed by atoms with van der Waals surface area (Å²) in [6, 6.07) is 8.20. The molecule has 2 rings (SSSR count). The van der Waals surface area contributed by atoms with Crippen LogP contribution >= 0.6 is 34.8 Å². The molecule has 0 fully saturated rings. The van der Waals surface area contributed by atoms with Gasteiger partial charge in [0.1, 0.15) is 6.04 Å². The van der Waals surface area contributed by atoms with E-state index >= 15 is 0 Å². The SMILES string of the molecule is N#Cc1cccc(C=CC2C(=O)C=NN2C(Cl)(Cl)Cl)c1. The minimum Gasteiger partial charge on any atom is -0.290 e. The Morgan fingerprint density at radius 1 is 1.40 bits per heavy atom. The van der Waals surface area contributed by atoms with E-state index in [0.717, 1.165) is 16.8 Å². The van der Waals surface area contributed by atoms with Crippen LogP contribution in [0.15, 0.2) is 35.4 Å². The van der Waals surface area contributed by atoms with Crippen LogP contribution < -0.4 is 0 Å². The van der Waals surface area contributed by atoms with Crippen molar-refractivity contribution in [2.24, 2.45) is 5.10 Å². The zero-order chi connectivity index (χ0) is 14.8. The van der Waals surface area contributed by atoms with E-state index in [1.165, 1.54) is 0 Å². The lowest BCUT2D eigenvalue weighted by atomic mass is 10.1. The van der Waals surface area contributed by atoms with Crippen LogP contribution in [0.3, 0.4) is 0 Å². The van der Waals surface area contributed by atoms with E-state index in [1.54, 1.807) is 36.4 Å². The Bertz CT molecular complexity index is 628. The van der Waals surface area contributed by atoms with E-state index in [0.29, 0.717) is 5.56 Å². The Labute approximate surface area is 130 Å². The molecule has 1 aliphatic rings. The van der Waals surface area contributed by atoms with Crippen molar-refractivity contribution in [3.63, 3.8) is 0 Å². The molecule has 0 spiro atoms. The highest BCUT2D eigenvalue weighted by Crippen LogP contribution is 2.35. The van der Waals surface area contributed by atoms with E-state index in [2.05, 4.69) is 5.10 Å². The minimum absolute atomic E-state index is 0.274. The van der Waals surface area contributed by atoms with Crippen molar-refractivity contribution < 1.29 is 4.79 Å². The fraction of sp³-hybridized carbons (Fsp3) is 0.154. The Kier molecular flexibility index (Phi) is 4.34. The van der Waals surface area contributed by atoms with Crippen molar-refractivity contribution in [3.8, 4) is 6.07 Å². The Morgan fingerprint density at radius 2 is 2.15 bits per heavy atom. The first-order valence-electron chi connectivity index (χ1n) is 5.54. The highest BCUT2D eigenvalue weighted by Gasteiger charge is 2.39. The summed E-state index contributed by atoms with van der Waals surface area (Å²) in [6.07, 6.45) is 4.37. The predicted molar refractivity (Wildman–Crippen MR) is 79.6 cm³/mol. The van der Waals surface area contributed by atoms with Gasteiger partial charge < -0.3 is 0 Å². The molecule has 102 valence electrons. The first kappa shape index (κ1) is 14.9. The lowest BCUT2D eigenvalue weighted by Crippen LogP contribution is -2.38. The number of benzene rings is 1. The van der Waals surface area contributed by atoms with Crippen molar-refractivity contribution in [3.05, 3.63) is 41.5 Å². The van der Waals surface area contributed by atoms with Gasteiger partial charge in [-0.05, 0) is 17.7 Å². The van der Waals surface area contributed by atoms with Gasteiger partial charge in [0.05, 0.1) is 17.8 Å². The van der Waals surface area contributed by atoms with Gasteiger partial charge >= 0.3 is 0 Å². The molecule has 1 aliphatic heterocycles. The molecule has 1 atom stereocenters. The molecule has 0 amide bonds. The zero-order valence-electron chi connectivity index (χ0n) is 10.0. The van der Waals surface area contributed by atoms with Gasteiger partial charge in [0, 0.05) is 0 Å². The van der Waals surface area contributed by atoms with E-state index in [-0.39, 0.29) is 5.78 Å². The van der Waals surface area contributed by atoms with E-state index in [4.69, 9.17) is 40.1 Å². The molecule has 1 aromatic carbocycles. The molecule has 0 aromatic heterocycles. The molecule has 0 saturated carbocycles. The van der Waals surface area contributed by atoms with Crippen LogP contribution in [0.2, 0.25) is 0 Å². The fourth-order valence-electron chi connectivity index (χ4n) is 1.70. The maximum absolute atomic E-state index is 11.7. The number of halogens is 3. The lowest BCUT2D eigenvalue weighted by Gasteiger charge is -2.26. The Balaban J connectivity index is 2.22. The third-order valence-electron chi connectivity index (χ3n) is 2.61. The first-order chi connectivity index (χ1) is 9.41. The first-order valence-corrected chi connectivity index (χ1v) is 6.67. The Hall–Kier alpha value is -1.54. The maximum Gasteiger partial charge on any atom is 0.283 e. The second kappa shape index (κ2) is 5.84. The summed E-state index contributed by atoms with van der Waals surface area (Å²) in [6.45, 7) is 0. The van der Waals surface area contributed by atoms with Gasteiger partial charge in [-0.15, -0.1) is 0 Å². The smallest absolute Gasteiger partial charge is 0.283 e. The van der Waals surface area contributed by atoms with Crippen molar-refractivity contribution in [2.75, 3.05) is 0 Å². The van der Waals surface area contributed by atoms with E-state index in [9.17, 15) is 4.79 Å². The summed E-state index contributed by atoms with van der Waals surface area (Å²) in [5.74, 6) is -0.274. The average Bonchev–Trinajstić information content (AvgIpc) is 2.78. The van der Waals surface area contributed by atoms with Crippen molar-refractivity contribution in [1.29, 1.82) is 5.26 Å². The summed E-state index contributed by atoms with van der Waals surface area (Å²) in [5, 5.41) is 13.7. The molecule has 20 heavy (non-hydrogen) atoms. The minimum atomic E-state index is -1.80. The molecule has 1 aromatic rings. The molecular weight excluding hydrogens is 321 g/mol. The molecule has 0 bridgehead atoms. The summed E-state index contributed by atoms with van der Waals surface area (Å²) >= 11 is 17.2. The van der Waals surface area contributed by atoms with Crippen LogP contribution in [0.25, 0.3) is 6.08 Å². The topological polar surface area (TPSA) is 56.5 Å². The molecule has 1 unspecified atom stereocenters. The van der Waals surface area contributed by atoms with Crippen LogP contribution in [0.1, 0.15) is 11.1 Å². The number of carbonyl (C=O) groups excluding carboxylic acids is 1. The van der Waals surface area contributed by atoms with Crippen LogP contribution in [-0.4, -0.2) is 27.0 Å². The quantitative estimate of drug-likeness (QED) is 0.619. The van der Waals surface area contributed by atoms with Crippen LogP contribution in [-0.2, 0) is 4.79 Å². The second-order valence-electron chi connectivity index (χ2n) is 4.00. The summed E-state index contributed by atoms with van der Waals surface area (Å²) in [5.41, 5.74) is 1.30. The van der Waals surface area contributed by atoms with Crippen molar-refractivity contribution >= 4 is 52.9 Å². The molecule has 7 heteroatoms. The fourth-order valence-corrected chi connectivity index (χ4v) is 2.15. The third-order valence-corrected chi connectivity index (χ3v) is 3.13. The van der Waals surface area contributed by atoms with Crippen molar-refractivity contribution in [2.45, 2.75) is 9.96 Å². The number of hydrogen-bond acceptors (Lipinski definition) is 4. The molecule has 1 heterocycles. The normalized spacial score (nSPS) is 18.8. The highest BCUT2D eigenvalue weighted by atomic mass is 35.6. The number of Topliss-reactive ketones (excluding diaryl/α,β-unsaturated/α-hetero) is 1. The van der Waals surface area contributed by atoms with Gasteiger partial charge in [0.15, 0.2) is 0 Å². The molecule has 0 aliphatic carbocycles. The lowest BCUT2D eigenvalue weighted by molar-refractivity contribution is -0.114. The van der Waals surface area contributed by atoms with E-state index in [1.807, 2.05) is 6.07 Å². The monoisotopic (exact) mass is 327 g/mol. The number of alkyl halides is 3. The Morgan fingerprint density at radius 3 is 2.80 bits per heavy atom. The average molecular weight is 329 g/mol. The standard InChI is InChI=1S/C13H8Cl3N3O/c14-13(15,16)19-11(12(20)8-18-19)5-4-9-2-1-3-10(6-9)7-17/h1-6,8,11H. The number of nitriles is 1. The molecular formula is C13H8Cl3N3O. The van der Waals surface area contributed by atoms with Gasteiger partial charge in [0.25, 0.3) is 3.92 Å². The molecule has 0 N–H and O–H groups in total. The van der Waals surface area contributed by atoms with Crippen LogP contribution in [0.5, 0.6) is 0 Å². The third kappa shape index (κ3) is 3.31. The number of carbonyl (C=O) groups is 1. The molecule has 0 saturated heterocycles. The highest BCUT2D eigenvalue weighted by molar-refractivity contribution is 6.67. The van der Waals surface area contributed by atoms with Crippen LogP contribution in [0.4, 0.5) is 0 Å². The number of rotatable bonds is 2. The summed E-state index contributed by atoms with van der Waals surface area (Å²) < 4.78 is -1.80. The molecule has 4 nitrogen and oxygen atoms in total. The number of hydrazone groups is 1. The van der Waals surface area contributed by atoms with Gasteiger partial charge in [-0.2, -0.15) is 10.4 Å². The summed E-state index contributed by atoms with van der Waals surface area (Å²) in [7, 11) is 0. The van der Waals surface area contributed by atoms with E-state index < -0.39 is 9.96 Å². The number of nitrogens with zero attached hydrogens (tertiary/aromatic N) is 3.